The van der Waals surface area contributed by atoms with Gasteiger partial charge in [0.05, 0.1) is 0 Å². The van der Waals surface area contributed by atoms with Crippen molar-refractivity contribution in [2.24, 2.45) is 11.5 Å². The standard InChI is InChI=1S/C16H25N3O2/c1-10(2)19(11(3)4)8-7-12-9-13(15(17)20)5-6-14(12)16(18)21/h5-6,9-11H,7-8H2,1-4H3,(H2,17,20)(H2,18,21). The second kappa shape index (κ2) is 7.22. The molecular formula is C16H25N3O2. The first-order chi connectivity index (χ1) is 9.73. The molecule has 0 heterocycles. The van der Waals surface area contributed by atoms with E-state index in [0.717, 1.165) is 12.1 Å². The number of carbonyl (C=O) groups is 2. The summed E-state index contributed by atoms with van der Waals surface area (Å²) in [5.41, 5.74) is 12.3. The molecule has 0 aliphatic carbocycles. The van der Waals surface area contributed by atoms with Gasteiger partial charge in [0.2, 0.25) is 11.8 Å². The van der Waals surface area contributed by atoms with E-state index in [9.17, 15) is 9.59 Å². The number of rotatable bonds is 7. The predicted molar refractivity (Wildman–Crippen MR) is 84.2 cm³/mol. The molecule has 1 aromatic carbocycles. The van der Waals surface area contributed by atoms with E-state index in [0.29, 0.717) is 29.6 Å². The van der Waals surface area contributed by atoms with E-state index in [1.165, 1.54) is 6.07 Å². The van der Waals surface area contributed by atoms with E-state index >= 15 is 0 Å². The SMILES string of the molecule is CC(C)N(CCc1cc(C(N)=O)ccc1C(N)=O)C(C)C. The number of nitrogens with two attached hydrogens (primary N) is 2. The highest BCUT2D eigenvalue weighted by molar-refractivity contribution is 5.97. The average molecular weight is 291 g/mol. The Hall–Kier alpha value is -1.88. The largest absolute Gasteiger partial charge is 0.366 e. The Morgan fingerprint density at radius 1 is 1.05 bits per heavy atom. The third-order valence-electron chi connectivity index (χ3n) is 3.62. The summed E-state index contributed by atoms with van der Waals surface area (Å²) in [6.45, 7) is 9.32. The summed E-state index contributed by atoms with van der Waals surface area (Å²) in [6, 6.07) is 5.59. The van der Waals surface area contributed by atoms with Crippen LogP contribution in [0.2, 0.25) is 0 Å². The summed E-state index contributed by atoms with van der Waals surface area (Å²) in [5.74, 6) is -0.987. The molecule has 2 amide bonds. The zero-order valence-corrected chi connectivity index (χ0v) is 13.2. The minimum Gasteiger partial charge on any atom is -0.366 e. The predicted octanol–water partition coefficient (Wildman–Crippen LogP) is 1.55. The topological polar surface area (TPSA) is 89.4 Å². The molecule has 0 radical (unpaired) electrons. The van der Waals surface area contributed by atoms with Gasteiger partial charge in [0.1, 0.15) is 0 Å². The number of hydrogen-bond acceptors (Lipinski definition) is 3. The van der Waals surface area contributed by atoms with Gasteiger partial charge in [0, 0.05) is 29.8 Å². The van der Waals surface area contributed by atoms with Crippen molar-refractivity contribution in [2.75, 3.05) is 6.54 Å². The van der Waals surface area contributed by atoms with Crippen LogP contribution in [0.15, 0.2) is 18.2 Å². The molecule has 21 heavy (non-hydrogen) atoms. The molecule has 0 atom stereocenters. The Morgan fingerprint density at radius 2 is 1.62 bits per heavy atom. The molecule has 1 rings (SSSR count). The van der Waals surface area contributed by atoms with Crippen LogP contribution in [0.4, 0.5) is 0 Å². The van der Waals surface area contributed by atoms with Crippen molar-refractivity contribution in [3.8, 4) is 0 Å². The molecule has 0 aromatic heterocycles. The smallest absolute Gasteiger partial charge is 0.248 e. The van der Waals surface area contributed by atoms with Gasteiger partial charge in [-0.3, -0.25) is 14.5 Å². The van der Waals surface area contributed by atoms with Crippen molar-refractivity contribution in [3.05, 3.63) is 34.9 Å². The first-order valence-corrected chi connectivity index (χ1v) is 7.22. The summed E-state index contributed by atoms with van der Waals surface area (Å²) in [4.78, 5) is 25.1. The van der Waals surface area contributed by atoms with Crippen molar-refractivity contribution in [2.45, 2.75) is 46.2 Å². The summed E-state index contributed by atoms with van der Waals surface area (Å²) < 4.78 is 0. The third kappa shape index (κ3) is 4.56. The maximum Gasteiger partial charge on any atom is 0.248 e. The van der Waals surface area contributed by atoms with Crippen LogP contribution >= 0.6 is 0 Å². The number of hydrogen-bond donors (Lipinski definition) is 2. The lowest BCUT2D eigenvalue weighted by Gasteiger charge is -2.30. The molecular weight excluding hydrogens is 266 g/mol. The number of benzene rings is 1. The second-order valence-electron chi connectivity index (χ2n) is 5.78. The van der Waals surface area contributed by atoms with Gasteiger partial charge in [0.25, 0.3) is 0 Å². The molecule has 0 bridgehead atoms. The number of nitrogens with zero attached hydrogens (tertiary/aromatic N) is 1. The highest BCUT2D eigenvalue weighted by atomic mass is 16.1. The van der Waals surface area contributed by atoms with Crippen LogP contribution in [0.3, 0.4) is 0 Å². The van der Waals surface area contributed by atoms with Crippen LogP contribution in [0, 0.1) is 0 Å². The van der Waals surface area contributed by atoms with Crippen LogP contribution in [0.25, 0.3) is 0 Å². The van der Waals surface area contributed by atoms with Crippen LogP contribution in [0.1, 0.15) is 54.0 Å². The van der Waals surface area contributed by atoms with Crippen LogP contribution < -0.4 is 11.5 Å². The summed E-state index contributed by atoms with van der Waals surface area (Å²) >= 11 is 0. The highest BCUT2D eigenvalue weighted by Gasteiger charge is 2.16. The van der Waals surface area contributed by atoms with Gasteiger partial charge in [-0.05, 0) is 57.9 Å². The quantitative estimate of drug-likeness (QED) is 0.798. The van der Waals surface area contributed by atoms with E-state index in [-0.39, 0.29) is 0 Å². The van der Waals surface area contributed by atoms with Crippen LogP contribution in [0.5, 0.6) is 0 Å². The molecule has 116 valence electrons. The fourth-order valence-electron chi connectivity index (χ4n) is 2.56. The molecule has 0 fully saturated rings. The highest BCUT2D eigenvalue weighted by Crippen LogP contribution is 2.15. The van der Waals surface area contributed by atoms with E-state index in [1.54, 1.807) is 12.1 Å². The summed E-state index contributed by atoms with van der Waals surface area (Å²) in [6.07, 6.45) is 0.649. The molecule has 0 spiro atoms. The van der Waals surface area contributed by atoms with E-state index < -0.39 is 11.8 Å². The molecule has 0 saturated heterocycles. The number of amides is 2. The molecule has 5 heteroatoms. The Bertz CT molecular complexity index is 516. The zero-order chi connectivity index (χ0) is 16.2. The Labute approximate surface area is 126 Å². The molecule has 0 aliphatic rings. The summed E-state index contributed by atoms with van der Waals surface area (Å²) in [5, 5.41) is 0. The minimum atomic E-state index is -0.503. The zero-order valence-electron chi connectivity index (χ0n) is 13.2. The Balaban J connectivity index is 3.01. The van der Waals surface area contributed by atoms with Crippen molar-refractivity contribution >= 4 is 11.8 Å². The van der Waals surface area contributed by atoms with Gasteiger partial charge in [-0.2, -0.15) is 0 Å². The monoisotopic (exact) mass is 291 g/mol. The van der Waals surface area contributed by atoms with Crippen molar-refractivity contribution in [1.82, 2.24) is 4.90 Å². The first-order valence-electron chi connectivity index (χ1n) is 7.22. The molecule has 0 unspecified atom stereocenters. The molecule has 4 N–H and O–H groups in total. The minimum absolute atomic E-state index is 0.399. The van der Waals surface area contributed by atoms with E-state index in [4.69, 9.17) is 11.5 Å². The maximum atomic E-state index is 11.5. The van der Waals surface area contributed by atoms with E-state index in [2.05, 4.69) is 32.6 Å². The van der Waals surface area contributed by atoms with Gasteiger partial charge in [0.15, 0.2) is 0 Å². The molecule has 1 aromatic rings. The van der Waals surface area contributed by atoms with Crippen LogP contribution in [-0.2, 0) is 6.42 Å². The number of carbonyl (C=O) groups excluding carboxylic acids is 2. The van der Waals surface area contributed by atoms with Gasteiger partial charge in [-0.15, -0.1) is 0 Å². The van der Waals surface area contributed by atoms with Gasteiger partial charge in [-0.1, -0.05) is 0 Å². The van der Waals surface area contributed by atoms with Crippen molar-refractivity contribution in [3.63, 3.8) is 0 Å². The fraction of sp³-hybridized carbons (Fsp3) is 0.500. The van der Waals surface area contributed by atoms with E-state index in [1.807, 2.05) is 0 Å². The molecule has 0 aliphatic heterocycles. The summed E-state index contributed by atoms with van der Waals surface area (Å²) in [7, 11) is 0. The lowest BCUT2D eigenvalue weighted by molar-refractivity contribution is 0.0987. The van der Waals surface area contributed by atoms with Crippen molar-refractivity contribution in [1.29, 1.82) is 0 Å². The third-order valence-corrected chi connectivity index (χ3v) is 3.62. The molecule has 0 saturated carbocycles. The Kier molecular flexibility index (Phi) is 5.90. The van der Waals surface area contributed by atoms with Crippen molar-refractivity contribution < 1.29 is 9.59 Å². The maximum absolute atomic E-state index is 11.5. The van der Waals surface area contributed by atoms with Gasteiger partial charge < -0.3 is 11.5 Å². The lowest BCUT2D eigenvalue weighted by Crippen LogP contribution is -2.38. The van der Waals surface area contributed by atoms with Crippen LogP contribution in [-0.4, -0.2) is 35.3 Å². The first kappa shape index (κ1) is 17.2. The Morgan fingerprint density at radius 3 is 2.05 bits per heavy atom. The molecule has 5 nitrogen and oxygen atoms in total. The van der Waals surface area contributed by atoms with Gasteiger partial charge in [-0.25, -0.2) is 0 Å². The lowest BCUT2D eigenvalue weighted by atomic mass is 9.99. The van der Waals surface area contributed by atoms with Gasteiger partial charge >= 0.3 is 0 Å². The normalized spacial score (nSPS) is 11.4. The fourth-order valence-corrected chi connectivity index (χ4v) is 2.56. The second-order valence-corrected chi connectivity index (χ2v) is 5.78. The average Bonchev–Trinajstić information content (AvgIpc) is 2.37. The number of primary amides is 2.